The van der Waals surface area contributed by atoms with E-state index in [1.807, 2.05) is 31.2 Å². The quantitative estimate of drug-likeness (QED) is 0.501. The van der Waals surface area contributed by atoms with E-state index >= 15 is 0 Å². The normalized spacial score (nSPS) is 11.9. The smallest absolute Gasteiger partial charge is 0.310 e. The fourth-order valence-electron chi connectivity index (χ4n) is 1.96. The van der Waals surface area contributed by atoms with Crippen LogP contribution in [0, 0.1) is 17.0 Å². The Labute approximate surface area is 139 Å². The van der Waals surface area contributed by atoms with Gasteiger partial charge in [-0.2, -0.15) is 5.10 Å². The van der Waals surface area contributed by atoms with Gasteiger partial charge in [-0.3, -0.25) is 14.9 Å². The molecular weight excluding hydrogens is 310 g/mol. The van der Waals surface area contributed by atoms with Gasteiger partial charge in [0.15, 0.2) is 11.9 Å². The molecule has 0 heterocycles. The Morgan fingerprint density at radius 1 is 1.29 bits per heavy atom. The maximum atomic E-state index is 12.0. The number of amides is 1. The molecule has 0 aliphatic heterocycles. The molecular formula is C17H17N3O4. The topological polar surface area (TPSA) is 93.8 Å². The van der Waals surface area contributed by atoms with E-state index in [0.717, 1.165) is 11.1 Å². The van der Waals surface area contributed by atoms with Gasteiger partial charge >= 0.3 is 5.69 Å². The molecule has 0 radical (unpaired) electrons. The molecule has 2 rings (SSSR count). The number of nitro benzene ring substituents is 1. The van der Waals surface area contributed by atoms with Crippen molar-refractivity contribution in [3.8, 4) is 5.75 Å². The van der Waals surface area contributed by atoms with Crippen LogP contribution in [0.1, 0.15) is 18.1 Å². The van der Waals surface area contributed by atoms with Crippen LogP contribution in [0.4, 0.5) is 5.69 Å². The number of nitro groups is 1. The first-order chi connectivity index (χ1) is 11.5. The van der Waals surface area contributed by atoms with E-state index in [0.29, 0.717) is 0 Å². The Morgan fingerprint density at radius 2 is 2.04 bits per heavy atom. The van der Waals surface area contributed by atoms with Gasteiger partial charge in [-0.15, -0.1) is 0 Å². The van der Waals surface area contributed by atoms with Crippen LogP contribution in [0.5, 0.6) is 5.75 Å². The zero-order valence-electron chi connectivity index (χ0n) is 13.3. The van der Waals surface area contributed by atoms with Crippen LogP contribution in [0.3, 0.4) is 0 Å². The second-order valence-electron chi connectivity index (χ2n) is 5.13. The summed E-state index contributed by atoms with van der Waals surface area (Å²) in [6.07, 6.45) is 0.587. The summed E-state index contributed by atoms with van der Waals surface area (Å²) < 4.78 is 5.36. The van der Waals surface area contributed by atoms with Crippen LogP contribution in [0.15, 0.2) is 53.6 Å². The molecule has 124 valence electrons. The molecule has 0 saturated carbocycles. The number of nitrogens with one attached hydrogen (secondary N) is 1. The lowest BCUT2D eigenvalue weighted by Gasteiger charge is -2.12. The van der Waals surface area contributed by atoms with E-state index in [2.05, 4.69) is 10.5 Å². The van der Waals surface area contributed by atoms with Gasteiger partial charge in [-0.1, -0.05) is 42.0 Å². The zero-order chi connectivity index (χ0) is 17.5. The third kappa shape index (κ3) is 4.64. The summed E-state index contributed by atoms with van der Waals surface area (Å²) >= 11 is 0. The maximum Gasteiger partial charge on any atom is 0.310 e. The van der Waals surface area contributed by atoms with Gasteiger partial charge in [-0.05, 0) is 25.5 Å². The molecule has 0 saturated heterocycles. The largest absolute Gasteiger partial charge is 0.474 e. The number of para-hydroxylation sites is 2. The van der Waals surface area contributed by atoms with E-state index in [9.17, 15) is 14.9 Å². The summed E-state index contributed by atoms with van der Waals surface area (Å²) in [7, 11) is 0. The van der Waals surface area contributed by atoms with Gasteiger partial charge in [0.25, 0.3) is 5.91 Å². The predicted molar refractivity (Wildman–Crippen MR) is 90.1 cm³/mol. The van der Waals surface area contributed by atoms with Crippen LogP contribution >= 0.6 is 0 Å². The minimum absolute atomic E-state index is 0.0350. The van der Waals surface area contributed by atoms with Crippen molar-refractivity contribution in [3.05, 3.63) is 69.8 Å². The first-order valence-corrected chi connectivity index (χ1v) is 7.27. The number of carbonyl (C=O) groups is 1. The molecule has 0 aliphatic carbocycles. The van der Waals surface area contributed by atoms with Crippen molar-refractivity contribution in [2.75, 3.05) is 0 Å². The monoisotopic (exact) mass is 327 g/mol. The van der Waals surface area contributed by atoms with Crippen molar-refractivity contribution < 1.29 is 14.5 Å². The van der Waals surface area contributed by atoms with Crippen molar-refractivity contribution in [3.63, 3.8) is 0 Å². The summed E-state index contributed by atoms with van der Waals surface area (Å²) in [5.74, 6) is -0.468. The number of benzene rings is 2. The number of hydrogen-bond donors (Lipinski definition) is 1. The van der Waals surface area contributed by atoms with Crippen molar-refractivity contribution in [1.29, 1.82) is 0 Å². The van der Waals surface area contributed by atoms with Crippen molar-refractivity contribution >= 4 is 17.8 Å². The number of hydrogen-bond acceptors (Lipinski definition) is 5. The Bertz CT molecular complexity index is 774. The van der Waals surface area contributed by atoms with Gasteiger partial charge in [0.05, 0.1) is 11.1 Å². The Morgan fingerprint density at radius 3 is 2.75 bits per heavy atom. The molecule has 0 fully saturated rings. The fourth-order valence-corrected chi connectivity index (χ4v) is 1.96. The molecule has 0 spiro atoms. The van der Waals surface area contributed by atoms with Gasteiger partial charge in [0, 0.05) is 6.07 Å². The molecule has 24 heavy (non-hydrogen) atoms. The fraction of sp³-hybridized carbons (Fsp3) is 0.176. The summed E-state index contributed by atoms with van der Waals surface area (Å²) in [6, 6.07) is 13.5. The van der Waals surface area contributed by atoms with E-state index in [1.165, 1.54) is 31.3 Å². The number of ether oxygens (including phenoxy) is 1. The molecule has 1 unspecified atom stereocenters. The highest BCUT2D eigenvalue weighted by atomic mass is 16.6. The molecule has 1 atom stereocenters. The lowest BCUT2D eigenvalue weighted by Crippen LogP contribution is -2.33. The summed E-state index contributed by atoms with van der Waals surface area (Å²) in [6.45, 7) is 3.45. The first-order valence-electron chi connectivity index (χ1n) is 7.27. The molecule has 1 N–H and O–H groups in total. The second kappa shape index (κ2) is 7.87. The summed E-state index contributed by atoms with van der Waals surface area (Å²) in [5, 5.41) is 14.8. The second-order valence-corrected chi connectivity index (χ2v) is 5.13. The highest BCUT2D eigenvalue weighted by Crippen LogP contribution is 2.26. The molecule has 0 aliphatic rings. The minimum atomic E-state index is -0.930. The van der Waals surface area contributed by atoms with Crippen LogP contribution in [0.2, 0.25) is 0 Å². The standard InChI is InChI=1S/C17H17N3O4/c1-12-6-5-7-14(10-12)11-18-19-17(21)13(2)24-16-9-4-3-8-15(16)20(22)23/h3-11,13H,1-2H3,(H,19,21). The number of hydrazone groups is 1. The first kappa shape index (κ1) is 17.1. The van der Waals surface area contributed by atoms with Crippen LogP contribution < -0.4 is 10.2 Å². The molecule has 1 amide bonds. The molecule has 2 aromatic rings. The Kier molecular flexibility index (Phi) is 5.62. The Balaban J connectivity index is 1.97. The van der Waals surface area contributed by atoms with Crippen molar-refractivity contribution in [2.24, 2.45) is 5.10 Å². The van der Waals surface area contributed by atoms with Crippen LogP contribution in [0.25, 0.3) is 0 Å². The predicted octanol–water partition coefficient (Wildman–Crippen LogP) is 2.82. The van der Waals surface area contributed by atoms with Gasteiger partial charge in [0.2, 0.25) is 0 Å². The molecule has 0 bridgehead atoms. The number of aryl methyl sites for hydroxylation is 1. The van der Waals surface area contributed by atoms with Crippen molar-refractivity contribution in [2.45, 2.75) is 20.0 Å². The number of rotatable bonds is 6. The third-order valence-electron chi connectivity index (χ3n) is 3.17. The summed E-state index contributed by atoms with van der Waals surface area (Å²) in [4.78, 5) is 22.3. The highest BCUT2D eigenvalue weighted by molar-refractivity contribution is 5.84. The SMILES string of the molecule is Cc1cccc(C=NNC(=O)C(C)Oc2ccccc2[N+](=O)[O-])c1. The average molecular weight is 327 g/mol. The van der Waals surface area contributed by atoms with Crippen LogP contribution in [-0.4, -0.2) is 23.1 Å². The summed E-state index contributed by atoms with van der Waals surface area (Å²) in [5.41, 5.74) is 4.09. The van der Waals surface area contributed by atoms with E-state index in [1.54, 1.807) is 6.07 Å². The number of nitrogens with zero attached hydrogens (tertiary/aromatic N) is 2. The average Bonchev–Trinajstić information content (AvgIpc) is 2.55. The van der Waals surface area contributed by atoms with Gasteiger partial charge < -0.3 is 4.74 Å². The number of carbonyl (C=O) groups excluding carboxylic acids is 1. The lowest BCUT2D eigenvalue weighted by atomic mass is 10.2. The van der Waals surface area contributed by atoms with Gasteiger partial charge in [-0.25, -0.2) is 5.43 Å². The molecule has 7 nitrogen and oxygen atoms in total. The van der Waals surface area contributed by atoms with Crippen LogP contribution in [-0.2, 0) is 4.79 Å². The third-order valence-corrected chi connectivity index (χ3v) is 3.17. The van der Waals surface area contributed by atoms with Crippen molar-refractivity contribution in [1.82, 2.24) is 5.43 Å². The molecule has 2 aromatic carbocycles. The molecule has 0 aromatic heterocycles. The van der Waals surface area contributed by atoms with E-state index in [4.69, 9.17) is 4.74 Å². The van der Waals surface area contributed by atoms with E-state index < -0.39 is 16.9 Å². The lowest BCUT2D eigenvalue weighted by molar-refractivity contribution is -0.386. The zero-order valence-corrected chi connectivity index (χ0v) is 13.3. The maximum absolute atomic E-state index is 12.0. The Hall–Kier alpha value is -3.22. The van der Waals surface area contributed by atoms with E-state index in [-0.39, 0.29) is 11.4 Å². The minimum Gasteiger partial charge on any atom is -0.474 e. The highest BCUT2D eigenvalue weighted by Gasteiger charge is 2.20. The van der Waals surface area contributed by atoms with Gasteiger partial charge in [0.1, 0.15) is 0 Å². The molecule has 7 heteroatoms.